The van der Waals surface area contributed by atoms with Gasteiger partial charge in [-0.2, -0.15) is 0 Å². The fraction of sp³-hybridized carbons (Fsp3) is 0.529. The van der Waals surface area contributed by atoms with Crippen LogP contribution in [0.3, 0.4) is 0 Å². The van der Waals surface area contributed by atoms with Crippen molar-refractivity contribution in [2.45, 2.75) is 32.5 Å². The molecule has 6 heteroatoms. The highest BCUT2D eigenvalue weighted by Gasteiger charge is 2.21. The molecule has 1 aromatic carbocycles. The Bertz CT molecular complexity index is 656. The van der Waals surface area contributed by atoms with Gasteiger partial charge in [-0.3, -0.25) is 4.90 Å². The van der Waals surface area contributed by atoms with Gasteiger partial charge in [0.25, 0.3) is 0 Å². The molecule has 1 saturated heterocycles. The van der Waals surface area contributed by atoms with Gasteiger partial charge in [0.15, 0.2) is 0 Å². The van der Waals surface area contributed by atoms with Crippen molar-refractivity contribution in [3.05, 3.63) is 29.5 Å². The van der Waals surface area contributed by atoms with Crippen LogP contribution in [0.15, 0.2) is 24.5 Å². The predicted octanol–water partition coefficient (Wildman–Crippen LogP) is 3.19. The minimum atomic E-state index is 0.322. The van der Waals surface area contributed by atoms with Gasteiger partial charge in [-0.05, 0) is 38.5 Å². The maximum absolute atomic E-state index is 6.01. The second kappa shape index (κ2) is 7.43. The maximum Gasteiger partial charge on any atom is 0.137 e. The van der Waals surface area contributed by atoms with Crippen molar-refractivity contribution in [1.82, 2.24) is 14.9 Å². The quantitative estimate of drug-likeness (QED) is 0.851. The summed E-state index contributed by atoms with van der Waals surface area (Å²) in [7, 11) is 0. The first kappa shape index (κ1) is 16.4. The van der Waals surface area contributed by atoms with E-state index in [1.165, 1.54) is 0 Å². The number of nitrogens with zero attached hydrogens (tertiary/aromatic N) is 3. The molecule has 0 spiro atoms. The van der Waals surface area contributed by atoms with Crippen LogP contribution in [0.2, 0.25) is 5.02 Å². The molecular weight excluding hydrogens is 312 g/mol. The number of anilines is 1. The first-order chi connectivity index (χ1) is 11.1. The lowest BCUT2D eigenvalue weighted by atomic mass is 10.2. The maximum atomic E-state index is 6.01. The van der Waals surface area contributed by atoms with E-state index in [0.717, 1.165) is 49.3 Å². The number of fused-ring (bicyclic) bond motifs is 1. The first-order valence-corrected chi connectivity index (χ1v) is 8.51. The number of aromatic nitrogens is 2. The molecular formula is C17H23ClN4O. The molecule has 2 aromatic rings. The standard InChI is InChI=1S/C17H23ClN4O/c1-12-9-22(10-13(2)23-12)7-3-6-19-17-15-5-4-14(18)8-16(15)20-11-21-17/h4-5,8,11-13H,3,6-7,9-10H2,1-2H3,(H,19,20,21). The molecule has 1 aliphatic rings. The third kappa shape index (κ3) is 4.31. The summed E-state index contributed by atoms with van der Waals surface area (Å²) in [5.74, 6) is 0.871. The van der Waals surface area contributed by atoms with E-state index in [0.29, 0.717) is 17.2 Å². The summed E-state index contributed by atoms with van der Waals surface area (Å²) in [5.41, 5.74) is 0.867. The second-order valence-corrected chi connectivity index (χ2v) is 6.62. The first-order valence-electron chi connectivity index (χ1n) is 8.14. The summed E-state index contributed by atoms with van der Waals surface area (Å²) in [4.78, 5) is 11.1. The molecule has 2 heterocycles. The molecule has 0 aliphatic carbocycles. The Labute approximate surface area is 142 Å². The number of halogens is 1. The lowest BCUT2D eigenvalue weighted by Gasteiger charge is -2.35. The molecule has 0 bridgehead atoms. The summed E-state index contributed by atoms with van der Waals surface area (Å²) in [6.45, 7) is 8.26. The van der Waals surface area contributed by atoms with Crippen LogP contribution in [-0.2, 0) is 4.74 Å². The summed E-state index contributed by atoms with van der Waals surface area (Å²) >= 11 is 6.01. The van der Waals surface area contributed by atoms with E-state index in [9.17, 15) is 0 Å². The van der Waals surface area contributed by atoms with E-state index in [1.54, 1.807) is 6.33 Å². The average Bonchev–Trinajstić information content (AvgIpc) is 2.50. The fourth-order valence-corrected chi connectivity index (χ4v) is 3.31. The molecule has 1 fully saturated rings. The summed E-state index contributed by atoms with van der Waals surface area (Å²) in [6.07, 6.45) is 3.29. The van der Waals surface area contributed by atoms with Crippen LogP contribution in [-0.4, -0.2) is 53.3 Å². The Balaban J connectivity index is 1.53. The topological polar surface area (TPSA) is 50.3 Å². The molecule has 1 aliphatic heterocycles. The van der Waals surface area contributed by atoms with E-state index in [4.69, 9.17) is 16.3 Å². The van der Waals surface area contributed by atoms with Crippen molar-refractivity contribution in [3.8, 4) is 0 Å². The second-order valence-electron chi connectivity index (χ2n) is 6.18. The van der Waals surface area contributed by atoms with Gasteiger partial charge >= 0.3 is 0 Å². The number of rotatable bonds is 5. The van der Waals surface area contributed by atoms with E-state index in [-0.39, 0.29) is 0 Å². The van der Waals surface area contributed by atoms with E-state index in [1.807, 2.05) is 18.2 Å². The molecule has 5 nitrogen and oxygen atoms in total. The van der Waals surface area contributed by atoms with Crippen molar-refractivity contribution in [1.29, 1.82) is 0 Å². The third-order valence-electron chi connectivity index (χ3n) is 4.04. The number of morpholine rings is 1. The highest BCUT2D eigenvalue weighted by atomic mass is 35.5. The van der Waals surface area contributed by atoms with Crippen molar-refractivity contribution >= 4 is 28.3 Å². The van der Waals surface area contributed by atoms with Gasteiger partial charge < -0.3 is 10.1 Å². The van der Waals surface area contributed by atoms with Gasteiger partial charge in [0, 0.05) is 36.6 Å². The van der Waals surface area contributed by atoms with Gasteiger partial charge in [0.1, 0.15) is 12.1 Å². The van der Waals surface area contributed by atoms with Crippen LogP contribution in [0.4, 0.5) is 5.82 Å². The average molecular weight is 335 g/mol. The normalized spacial score (nSPS) is 22.4. The smallest absolute Gasteiger partial charge is 0.137 e. The number of hydrogen-bond acceptors (Lipinski definition) is 5. The lowest BCUT2D eigenvalue weighted by molar-refractivity contribution is -0.0678. The van der Waals surface area contributed by atoms with Crippen molar-refractivity contribution < 1.29 is 4.74 Å². The Morgan fingerprint density at radius 1 is 1.26 bits per heavy atom. The highest BCUT2D eigenvalue weighted by Crippen LogP contribution is 2.22. The fourth-order valence-electron chi connectivity index (χ4n) is 3.15. The van der Waals surface area contributed by atoms with Gasteiger partial charge in [-0.1, -0.05) is 11.6 Å². The Kier molecular flexibility index (Phi) is 5.30. The summed E-state index contributed by atoms with van der Waals surface area (Å²) in [6, 6.07) is 5.69. The Morgan fingerprint density at radius 3 is 2.83 bits per heavy atom. The Morgan fingerprint density at radius 2 is 2.04 bits per heavy atom. The predicted molar refractivity (Wildman–Crippen MR) is 94.1 cm³/mol. The molecule has 124 valence electrons. The molecule has 3 rings (SSSR count). The largest absolute Gasteiger partial charge is 0.373 e. The molecule has 1 N–H and O–H groups in total. The van der Waals surface area contributed by atoms with Crippen molar-refractivity contribution in [2.24, 2.45) is 0 Å². The Hall–Kier alpha value is -1.43. The van der Waals surface area contributed by atoms with Gasteiger partial charge in [-0.15, -0.1) is 0 Å². The van der Waals surface area contributed by atoms with Crippen LogP contribution >= 0.6 is 11.6 Å². The third-order valence-corrected chi connectivity index (χ3v) is 4.27. The van der Waals surface area contributed by atoms with Crippen LogP contribution in [0.1, 0.15) is 20.3 Å². The molecule has 0 amide bonds. The van der Waals surface area contributed by atoms with Crippen LogP contribution < -0.4 is 5.32 Å². The number of hydrogen-bond donors (Lipinski definition) is 1. The van der Waals surface area contributed by atoms with E-state index < -0.39 is 0 Å². The number of benzene rings is 1. The van der Waals surface area contributed by atoms with Gasteiger partial charge in [0.05, 0.1) is 17.7 Å². The minimum Gasteiger partial charge on any atom is -0.373 e. The molecule has 23 heavy (non-hydrogen) atoms. The van der Waals surface area contributed by atoms with Crippen LogP contribution in [0.25, 0.3) is 10.9 Å². The summed E-state index contributed by atoms with van der Waals surface area (Å²) in [5, 5.41) is 5.11. The van der Waals surface area contributed by atoms with Crippen LogP contribution in [0.5, 0.6) is 0 Å². The monoisotopic (exact) mass is 334 g/mol. The highest BCUT2D eigenvalue weighted by molar-refractivity contribution is 6.31. The molecule has 0 saturated carbocycles. The van der Waals surface area contributed by atoms with Gasteiger partial charge in [-0.25, -0.2) is 9.97 Å². The molecule has 0 radical (unpaired) electrons. The van der Waals surface area contributed by atoms with Gasteiger partial charge in [0.2, 0.25) is 0 Å². The molecule has 2 atom stereocenters. The lowest BCUT2D eigenvalue weighted by Crippen LogP contribution is -2.45. The van der Waals surface area contributed by atoms with Crippen molar-refractivity contribution in [3.63, 3.8) is 0 Å². The SMILES string of the molecule is CC1CN(CCCNc2ncnc3cc(Cl)ccc23)CC(C)O1. The summed E-state index contributed by atoms with van der Waals surface area (Å²) < 4.78 is 5.76. The molecule has 1 aromatic heterocycles. The molecule has 2 unspecified atom stereocenters. The number of ether oxygens (including phenoxy) is 1. The minimum absolute atomic E-state index is 0.322. The zero-order valence-electron chi connectivity index (χ0n) is 13.6. The van der Waals surface area contributed by atoms with Crippen LogP contribution in [0, 0.1) is 0 Å². The van der Waals surface area contributed by atoms with Crippen molar-refractivity contribution in [2.75, 3.05) is 31.5 Å². The zero-order valence-corrected chi connectivity index (χ0v) is 14.4. The number of nitrogens with one attached hydrogen (secondary N) is 1. The van der Waals surface area contributed by atoms with E-state index >= 15 is 0 Å². The van der Waals surface area contributed by atoms with E-state index in [2.05, 4.69) is 34.0 Å². The zero-order chi connectivity index (χ0) is 16.2.